The lowest BCUT2D eigenvalue weighted by Gasteiger charge is -2.37. The summed E-state index contributed by atoms with van der Waals surface area (Å²) in [5, 5.41) is 5.22. The van der Waals surface area contributed by atoms with E-state index in [4.69, 9.17) is 4.74 Å². The first-order valence-corrected chi connectivity index (χ1v) is 10.6. The van der Waals surface area contributed by atoms with Crippen LogP contribution in [0.5, 0.6) is 0 Å². The molecule has 1 saturated heterocycles. The second-order valence-electron chi connectivity index (χ2n) is 6.54. The van der Waals surface area contributed by atoms with Crippen molar-refractivity contribution in [2.24, 2.45) is 5.92 Å². The van der Waals surface area contributed by atoms with Crippen molar-refractivity contribution in [3.8, 4) is 0 Å². The van der Waals surface area contributed by atoms with Crippen LogP contribution < -0.4 is 5.32 Å². The molecule has 142 valence electrons. The molecular weight excluding hydrogens is 386 g/mol. The quantitative estimate of drug-likeness (QED) is 0.772. The fraction of sp³-hybridized carbons (Fsp3) is 0.444. The predicted octanol–water partition coefficient (Wildman–Crippen LogP) is 2.51. The molecule has 1 atom stereocenters. The number of carbonyl (C=O) groups excluding carboxylic acids is 3. The molecule has 0 bridgehead atoms. The number of amides is 2. The Morgan fingerprint density at radius 2 is 2.19 bits per heavy atom. The number of aromatic nitrogens is 1. The Kier molecular flexibility index (Phi) is 4.96. The van der Waals surface area contributed by atoms with Crippen molar-refractivity contribution in [1.29, 1.82) is 0 Å². The molecule has 27 heavy (non-hydrogen) atoms. The summed E-state index contributed by atoms with van der Waals surface area (Å²) in [6.45, 7) is 2.96. The van der Waals surface area contributed by atoms with E-state index in [-0.39, 0.29) is 29.6 Å². The van der Waals surface area contributed by atoms with E-state index in [9.17, 15) is 14.4 Å². The molecule has 9 heteroatoms. The van der Waals surface area contributed by atoms with Crippen LogP contribution in [0.15, 0.2) is 17.5 Å². The first-order valence-electron chi connectivity index (χ1n) is 8.86. The number of thiazole rings is 1. The Hall–Kier alpha value is -2.26. The highest BCUT2D eigenvalue weighted by atomic mass is 32.1. The molecule has 3 heterocycles. The fourth-order valence-corrected chi connectivity index (χ4v) is 5.06. The van der Waals surface area contributed by atoms with Crippen molar-refractivity contribution in [3.05, 3.63) is 33.0 Å². The molecule has 2 aliphatic rings. The van der Waals surface area contributed by atoms with Crippen LogP contribution in [-0.4, -0.2) is 47.4 Å². The van der Waals surface area contributed by atoms with Gasteiger partial charge in [-0.2, -0.15) is 0 Å². The van der Waals surface area contributed by atoms with Crippen LogP contribution in [0, 0.1) is 5.92 Å². The number of nitrogens with zero attached hydrogens (tertiary/aromatic N) is 2. The number of likely N-dealkylation sites (tertiary alicyclic amines) is 1. The molecule has 0 spiro atoms. The molecule has 7 nitrogen and oxygen atoms in total. The van der Waals surface area contributed by atoms with Gasteiger partial charge in [-0.05, 0) is 31.2 Å². The lowest BCUT2D eigenvalue weighted by atomic mass is 9.99. The van der Waals surface area contributed by atoms with Gasteiger partial charge >= 0.3 is 5.97 Å². The Morgan fingerprint density at radius 3 is 2.89 bits per heavy atom. The van der Waals surface area contributed by atoms with Gasteiger partial charge in [-0.25, -0.2) is 4.98 Å². The minimum Gasteiger partial charge on any atom is -0.465 e. The first kappa shape index (κ1) is 18.1. The van der Waals surface area contributed by atoms with Gasteiger partial charge in [0.25, 0.3) is 5.91 Å². The van der Waals surface area contributed by atoms with E-state index in [1.54, 1.807) is 17.9 Å². The second-order valence-corrected chi connectivity index (χ2v) is 8.58. The zero-order chi connectivity index (χ0) is 19.0. The molecule has 1 aliphatic heterocycles. The van der Waals surface area contributed by atoms with Gasteiger partial charge in [0.05, 0.1) is 23.1 Å². The maximum Gasteiger partial charge on any atom is 0.315 e. The largest absolute Gasteiger partial charge is 0.465 e. The van der Waals surface area contributed by atoms with Crippen molar-refractivity contribution in [1.82, 2.24) is 9.88 Å². The van der Waals surface area contributed by atoms with Crippen molar-refractivity contribution in [2.75, 3.05) is 25.0 Å². The van der Waals surface area contributed by atoms with Crippen LogP contribution in [0.25, 0.3) is 0 Å². The van der Waals surface area contributed by atoms with Crippen LogP contribution in [0.3, 0.4) is 0 Å². The molecule has 2 aromatic rings. The van der Waals surface area contributed by atoms with Crippen molar-refractivity contribution in [3.63, 3.8) is 0 Å². The standard InChI is InChI=1S/C18H19N3O4S2/c1-2-25-17(24)11-5-6-12-14(11)19-18(27-12)20-15(22)10-8-21(9-10)16(23)13-4-3-7-26-13/h3-4,7,10-11H,2,5-6,8-9H2,1H3,(H,19,20,22). The van der Waals surface area contributed by atoms with Gasteiger partial charge in [0.2, 0.25) is 5.91 Å². The third kappa shape index (κ3) is 3.49. The zero-order valence-corrected chi connectivity index (χ0v) is 16.4. The lowest BCUT2D eigenvalue weighted by Crippen LogP contribution is -2.54. The maximum absolute atomic E-state index is 12.4. The summed E-state index contributed by atoms with van der Waals surface area (Å²) in [4.78, 5) is 44.5. The van der Waals surface area contributed by atoms with E-state index >= 15 is 0 Å². The molecule has 2 aromatic heterocycles. The monoisotopic (exact) mass is 405 g/mol. The Labute approximate surface area is 164 Å². The molecule has 1 fully saturated rings. The SMILES string of the molecule is CCOC(=O)C1CCc2sc(NC(=O)C3CN(C(=O)c4cccs4)C3)nc21. The molecule has 4 rings (SSSR count). The molecule has 2 amide bonds. The van der Waals surface area contributed by atoms with E-state index < -0.39 is 0 Å². The lowest BCUT2D eigenvalue weighted by molar-refractivity contribution is -0.145. The van der Waals surface area contributed by atoms with E-state index in [1.165, 1.54) is 22.7 Å². The topological polar surface area (TPSA) is 88.6 Å². The average molecular weight is 406 g/mol. The van der Waals surface area contributed by atoms with Crippen molar-refractivity contribution >= 4 is 45.6 Å². The van der Waals surface area contributed by atoms with E-state index in [2.05, 4.69) is 10.3 Å². The van der Waals surface area contributed by atoms with E-state index in [0.717, 1.165) is 17.0 Å². The number of esters is 1. The molecule has 0 aromatic carbocycles. The highest BCUT2D eigenvalue weighted by Gasteiger charge is 2.38. The minimum absolute atomic E-state index is 0.0282. The normalized spacial score (nSPS) is 18.7. The summed E-state index contributed by atoms with van der Waals surface area (Å²) in [7, 11) is 0. The number of fused-ring (bicyclic) bond motifs is 1. The molecule has 0 saturated carbocycles. The van der Waals surface area contributed by atoms with Crippen LogP contribution in [-0.2, 0) is 20.7 Å². The average Bonchev–Trinajstić information content (AvgIpc) is 3.30. The van der Waals surface area contributed by atoms with Gasteiger partial charge in [0.15, 0.2) is 5.13 Å². The maximum atomic E-state index is 12.4. The number of rotatable bonds is 5. The van der Waals surface area contributed by atoms with Gasteiger partial charge in [-0.3, -0.25) is 14.4 Å². The number of carbonyl (C=O) groups is 3. The van der Waals surface area contributed by atoms with Crippen LogP contribution in [0.1, 0.15) is 39.5 Å². The number of ether oxygens (including phenoxy) is 1. The first-order chi connectivity index (χ1) is 13.1. The highest BCUT2D eigenvalue weighted by Crippen LogP contribution is 2.39. The highest BCUT2D eigenvalue weighted by molar-refractivity contribution is 7.16. The number of hydrogen-bond donors (Lipinski definition) is 1. The molecule has 1 aliphatic carbocycles. The summed E-state index contributed by atoms with van der Waals surface area (Å²) in [5.41, 5.74) is 0.733. The summed E-state index contributed by atoms with van der Waals surface area (Å²) in [6, 6.07) is 3.63. The van der Waals surface area contributed by atoms with Gasteiger partial charge in [-0.1, -0.05) is 6.07 Å². The van der Waals surface area contributed by atoms with Crippen LogP contribution in [0.2, 0.25) is 0 Å². The van der Waals surface area contributed by atoms with Crippen LogP contribution >= 0.6 is 22.7 Å². The van der Waals surface area contributed by atoms with Crippen LogP contribution in [0.4, 0.5) is 5.13 Å². The van der Waals surface area contributed by atoms with E-state index in [1.807, 2.05) is 11.4 Å². The number of aryl methyl sites for hydroxylation is 1. The Bertz CT molecular complexity index is 871. The summed E-state index contributed by atoms with van der Waals surface area (Å²) < 4.78 is 5.10. The van der Waals surface area contributed by atoms with Gasteiger partial charge in [0, 0.05) is 18.0 Å². The van der Waals surface area contributed by atoms with Crippen molar-refractivity contribution in [2.45, 2.75) is 25.7 Å². The number of hydrogen-bond acceptors (Lipinski definition) is 7. The molecule has 1 N–H and O–H groups in total. The molecule has 1 unspecified atom stereocenters. The van der Waals surface area contributed by atoms with Gasteiger partial charge in [-0.15, -0.1) is 22.7 Å². The summed E-state index contributed by atoms with van der Waals surface area (Å²) >= 11 is 2.82. The molecule has 0 radical (unpaired) electrons. The second kappa shape index (κ2) is 7.40. The Morgan fingerprint density at radius 1 is 1.37 bits per heavy atom. The van der Waals surface area contributed by atoms with Gasteiger partial charge in [0.1, 0.15) is 5.92 Å². The predicted molar refractivity (Wildman–Crippen MR) is 102 cm³/mol. The Balaban J connectivity index is 1.33. The van der Waals surface area contributed by atoms with E-state index in [0.29, 0.717) is 36.1 Å². The minimum atomic E-state index is -0.329. The number of nitrogens with one attached hydrogen (secondary N) is 1. The smallest absolute Gasteiger partial charge is 0.315 e. The fourth-order valence-electron chi connectivity index (χ4n) is 3.33. The third-order valence-electron chi connectivity index (χ3n) is 4.79. The number of anilines is 1. The number of thiophene rings is 1. The third-order valence-corrected chi connectivity index (χ3v) is 6.69. The zero-order valence-electron chi connectivity index (χ0n) is 14.8. The summed E-state index contributed by atoms with van der Waals surface area (Å²) in [5.74, 6) is -0.969. The van der Waals surface area contributed by atoms with Crippen molar-refractivity contribution < 1.29 is 19.1 Å². The summed E-state index contributed by atoms with van der Waals surface area (Å²) in [6.07, 6.45) is 1.49. The van der Waals surface area contributed by atoms with Gasteiger partial charge < -0.3 is 15.0 Å². The molecular formula is C18H19N3O4S2.